The van der Waals surface area contributed by atoms with E-state index in [1.165, 1.54) is 12.1 Å². The molecule has 1 saturated heterocycles. The van der Waals surface area contributed by atoms with Crippen LogP contribution >= 0.6 is 0 Å². The highest BCUT2D eigenvalue weighted by Crippen LogP contribution is 2.34. The number of hydrogen-bond acceptors (Lipinski definition) is 4. The second-order valence-corrected chi connectivity index (χ2v) is 7.23. The Kier molecular flexibility index (Phi) is 6.03. The van der Waals surface area contributed by atoms with Gasteiger partial charge in [0.25, 0.3) is 0 Å². The lowest BCUT2D eigenvalue weighted by Crippen LogP contribution is -2.47. The number of esters is 1. The van der Waals surface area contributed by atoms with Crippen molar-refractivity contribution < 1.29 is 23.5 Å². The molecular formula is C19H26FNO4. The van der Waals surface area contributed by atoms with Crippen molar-refractivity contribution in [1.82, 2.24) is 4.90 Å². The van der Waals surface area contributed by atoms with Crippen molar-refractivity contribution >= 4 is 12.1 Å². The van der Waals surface area contributed by atoms with E-state index in [2.05, 4.69) is 0 Å². The third-order valence-electron chi connectivity index (χ3n) is 4.15. The van der Waals surface area contributed by atoms with Gasteiger partial charge >= 0.3 is 12.1 Å². The lowest BCUT2D eigenvalue weighted by molar-refractivity contribution is -0.150. The van der Waals surface area contributed by atoms with Crippen molar-refractivity contribution in [3.8, 4) is 0 Å². The van der Waals surface area contributed by atoms with Crippen molar-refractivity contribution in [2.24, 2.45) is 5.92 Å². The van der Waals surface area contributed by atoms with Gasteiger partial charge in [-0.05, 0) is 51.8 Å². The van der Waals surface area contributed by atoms with E-state index < -0.39 is 11.7 Å². The van der Waals surface area contributed by atoms with Crippen LogP contribution in [0.2, 0.25) is 0 Å². The summed E-state index contributed by atoms with van der Waals surface area (Å²) in [6, 6.07) is 6.05. The molecule has 0 aromatic heterocycles. The monoisotopic (exact) mass is 351 g/mol. The summed E-state index contributed by atoms with van der Waals surface area (Å²) in [5, 5.41) is 0. The van der Waals surface area contributed by atoms with Crippen molar-refractivity contribution in [3.05, 3.63) is 35.6 Å². The Bertz CT molecular complexity index is 609. The number of hydrogen-bond donors (Lipinski definition) is 0. The maximum Gasteiger partial charge on any atom is 0.410 e. The standard InChI is InChI=1S/C19H26FNO4/c1-5-24-17(22)15-10-11-21(18(23)25-19(2,3)4)12-16(15)13-6-8-14(20)9-7-13/h6-9,15-16H,5,10-12H2,1-4H3/t15-,16?/m0/s1. The average Bonchev–Trinajstić information content (AvgIpc) is 2.53. The van der Waals surface area contributed by atoms with Crippen molar-refractivity contribution in [2.75, 3.05) is 19.7 Å². The molecule has 0 spiro atoms. The van der Waals surface area contributed by atoms with Crippen LogP contribution < -0.4 is 0 Å². The second-order valence-electron chi connectivity index (χ2n) is 7.23. The number of carbonyl (C=O) groups excluding carboxylic acids is 2. The summed E-state index contributed by atoms with van der Waals surface area (Å²) >= 11 is 0. The summed E-state index contributed by atoms with van der Waals surface area (Å²) in [6.07, 6.45) is 0.0852. The van der Waals surface area contributed by atoms with Gasteiger partial charge in [-0.15, -0.1) is 0 Å². The summed E-state index contributed by atoms with van der Waals surface area (Å²) < 4.78 is 23.9. The summed E-state index contributed by atoms with van der Waals surface area (Å²) in [7, 11) is 0. The zero-order valence-electron chi connectivity index (χ0n) is 15.3. The molecule has 2 rings (SSSR count). The summed E-state index contributed by atoms with van der Waals surface area (Å²) in [6.45, 7) is 8.27. The molecular weight excluding hydrogens is 325 g/mol. The molecule has 25 heavy (non-hydrogen) atoms. The molecule has 1 aliphatic rings. The number of amides is 1. The van der Waals surface area contributed by atoms with Gasteiger partial charge in [0.2, 0.25) is 0 Å². The number of piperidine rings is 1. The molecule has 0 N–H and O–H groups in total. The summed E-state index contributed by atoms with van der Waals surface area (Å²) in [4.78, 5) is 26.3. The minimum atomic E-state index is -0.583. The Labute approximate surface area is 148 Å². The van der Waals surface area contributed by atoms with Crippen LogP contribution in [-0.2, 0) is 14.3 Å². The maximum absolute atomic E-state index is 13.2. The van der Waals surface area contributed by atoms with Crippen molar-refractivity contribution in [1.29, 1.82) is 0 Å². The van der Waals surface area contributed by atoms with Crippen LogP contribution in [0.25, 0.3) is 0 Å². The van der Waals surface area contributed by atoms with Gasteiger partial charge in [0.05, 0.1) is 12.5 Å². The molecule has 1 aromatic carbocycles. The third-order valence-corrected chi connectivity index (χ3v) is 4.15. The van der Waals surface area contributed by atoms with E-state index in [-0.39, 0.29) is 23.6 Å². The minimum absolute atomic E-state index is 0.249. The Hall–Kier alpha value is -2.11. The fourth-order valence-corrected chi connectivity index (χ4v) is 3.02. The lowest BCUT2D eigenvalue weighted by atomic mass is 9.81. The first-order chi connectivity index (χ1) is 11.7. The number of nitrogens with zero attached hydrogens (tertiary/aromatic N) is 1. The third kappa shape index (κ3) is 5.18. The van der Waals surface area contributed by atoms with Crippen LogP contribution in [0.3, 0.4) is 0 Å². The van der Waals surface area contributed by atoms with Gasteiger partial charge < -0.3 is 14.4 Å². The number of halogens is 1. The van der Waals surface area contributed by atoms with E-state index in [4.69, 9.17) is 9.47 Å². The molecule has 1 amide bonds. The predicted molar refractivity (Wildman–Crippen MR) is 91.7 cm³/mol. The minimum Gasteiger partial charge on any atom is -0.466 e. The van der Waals surface area contributed by atoms with Crippen LogP contribution in [0, 0.1) is 11.7 Å². The first-order valence-corrected chi connectivity index (χ1v) is 8.61. The van der Waals surface area contributed by atoms with Crippen molar-refractivity contribution in [3.63, 3.8) is 0 Å². The van der Waals surface area contributed by atoms with Crippen LogP contribution in [0.1, 0.15) is 45.6 Å². The molecule has 138 valence electrons. The summed E-state index contributed by atoms with van der Waals surface area (Å²) in [5.41, 5.74) is 0.230. The van der Waals surface area contributed by atoms with Gasteiger partial charge in [-0.25, -0.2) is 9.18 Å². The van der Waals surface area contributed by atoms with Gasteiger partial charge in [-0.1, -0.05) is 12.1 Å². The Morgan fingerprint density at radius 3 is 2.44 bits per heavy atom. The SMILES string of the molecule is CCOC(=O)[C@H]1CCN(C(=O)OC(C)(C)C)CC1c1ccc(F)cc1. The molecule has 1 aliphatic heterocycles. The highest BCUT2D eigenvalue weighted by Gasteiger charge is 2.38. The zero-order valence-corrected chi connectivity index (χ0v) is 15.3. The summed E-state index contributed by atoms with van der Waals surface area (Å²) in [5.74, 6) is -1.22. The number of rotatable bonds is 3. The van der Waals surface area contributed by atoms with E-state index in [0.717, 1.165) is 5.56 Å². The van der Waals surface area contributed by atoms with Crippen LogP contribution in [-0.4, -0.2) is 42.3 Å². The molecule has 1 heterocycles. The molecule has 0 aliphatic carbocycles. The number of likely N-dealkylation sites (tertiary alicyclic amines) is 1. The Morgan fingerprint density at radius 2 is 1.88 bits per heavy atom. The number of benzene rings is 1. The normalized spacial score (nSPS) is 20.9. The van der Waals surface area contributed by atoms with Crippen LogP contribution in [0.5, 0.6) is 0 Å². The Balaban J connectivity index is 2.21. The van der Waals surface area contributed by atoms with Gasteiger partial charge in [-0.3, -0.25) is 4.79 Å². The zero-order chi connectivity index (χ0) is 18.6. The van der Waals surface area contributed by atoms with Gasteiger partial charge in [0.15, 0.2) is 0 Å². The van der Waals surface area contributed by atoms with Gasteiger partial charge in [0.1, 0.15) is 11.4 Å². The number of ether oxygens (including phenoxy) is 2. The molecule has 0 radical (unpaired) electrons. The smallest absolute Gasteiger partial charge is 0.410 e. The van der Waals surface area contributed by atoms with Crippen molar-refractivity contribution in [2.45, 2.75) is 45.6 Å². The average molecular weight is 351 g/mol. The fraction of sp³-hybridized carbons (Fsp3) is 0.579. The second kappa shape index (κ2) is 7.85. The van der Waals surface area contributed by atoms with E-state index in [9.17, 15) is 14.0 Å². The highest BCUT2D eigenvalue weighted by molar-refractivity contribution is 5.75. The molecule has 1 fully saturated rings. The largest absolute Gasteiger partial charge is 0.466 e. The fourth-order valence-electron chi connectivity index (χ4n) is 3.02. The molecule has 2 atom stereocenters. The molecule has 5 nitrogen and oxygen atoms in total. The van der Waals surface area contributed by atoms with E-state index in [1.54, 1.807) is 24.0 Å². The molecule has 0 bridgehead atoms. The molecule has 0 saturated carbocycles. The predicted octanol–water partition coefficient (Wildman–Crippen LogP) is 3.73. The Morgan fingerprint density at radius 1 is 1.24 bits per heavy atom. The quantitative estimate of drug-likeness (QED) is 0.779. The maximum atomic E-state index is 13.2. The van der Waals surface area contributed by atoms with E-state index in [1.807, 2.05) is 20.8 Å². The van der Waals surface area contributed by atoms with E-state index >= 15 is 0 Å². The molecule has 1 aromatic rings. The topological polar surface area (TPSA) is 55.8 Å². The lowest BCUT2D eigenvalue weighted by Gasteiger charge is -2.38. The van der Waals surface area contributed by atoms with Gasteiger partial charge in [0, 0.05) is 19.0 Å². The first kappa shape index (κ1) is 19.2. The van der Waals surface area contributed by atoms with E-state index in [0.29, 0.717) is 26.1 Å². The molecule has 1 unspecified atom stereocenters. The highest BCUT2D eigenvalue weighted by atomic mass is 19.1. The first-order valence-electron chi connectivity index (χ1n) is 8.61. The number of carbonyl (C=O) groups is 2. The van der Waals surface area contributed by atoms with Gasteiger partial charge in [-0.2, -0.15) is 0 Å². The molecule has 6 heteroatoms. The van der Waals surface area contributed by atoms with Crippen LogP contribution in [0.4, 0.5) is 9.18 Å². The van der Waals surface area contributed by atoms with Crippen LogP contribution in [0.15, 0.2) is 24.3 Å².